The van der Waals surface area contributed by atoms with Crippen molar-refractivity contribution in [3.05, 3.63) is 64.7 Å². The zero-order valence-corrected chi connectivity index (χ0v) is 16.9. The Balaban J connectivity index is 1.47. The number of anilines is 1. The van der Waals surface area contributed by atoms with E-state index < -0.39 is 0 Å². The van der Waals surface area contributed by atoms with Gasteiger partial charge in [0.15, 0.2) is 0 Å². The molecular weight excluding hydrogens is 358 g/mol. The standard InChI is InChI=1S/C22H28ClN3O/c1-17-20(23)9-6-10-21(17)24-22(27)18(2)26-15-13-25(14-16-26)12-11-19-7-4-3-5-8-19/h3-10,18H,11-16H2,1-2H3,(H,24,27)/t18-/m1/s1. The molecule has 1 saturated heterocycles. The van der Waals surface area contributed by atoms with Crippen molar-refractivity contribution >= 4 is 23.2 Å². The monoisotopic (exact) mass is 385 g/mol. The molecule has 1 heterocycles. The van der Waals surface area contributed by atoms with Gasteiger partial charge in [0, 0.05) is 43.4 Å². The van der Waals surface area contributed by atoms with E-state index in [9.17, 15) is 4.79 Å². The van der Waals surface area contributed by atoms with Gasteiger partial charge >= 0.3 is 0 Å². The van der Waals surface area contributed by atoms with Gasteiger partial charge < -0.3 is 10.2 Å². The van der Waals surface area contributed by atoms with Gasteiger partial charge in [0.05, 0.1) is 6.04 Å². The second-order valence-electron chi connectivity index (χ2n) is 7.19. The molecule has 27 heavy (non-hydrogen) atoms. The van der Waals surface area contributed by atoms with Gasteiger partial charge in [0.1, 0.15) is 0 Å². The van der Waals surface area contributed by atoms with E-state index in [0.29, 0.717) is 5.02 Å². The van der Waals surface area contributed by atoms with Crippen LogP contribution in [0.2, 0.25) is 5.02 Å². The molecule has 144 valence electrons. The number of nitrogens with one attached hydrogen (secondary N) is 1. The van der Waals surface area contributed by atoms with Crippen molar-refractivity contribution < 1.29 is 4.79 Å². The number of rotatable bonds is 6. The van der Waals surface area contributed by atoms with Crippen LogP contribution in [-0.4, -0.2) is 54.5 Å². The molecule has 3 rings (SSSR count). The SMILES string of the molecule is Cc1c(Cl)cccc1NC(=O)[C@@H](C)N1CCN(CCc2ccccc2)CC1. The lowest BCUT2D eigenvalue weighted by molar-refractivity contribution is -0.121. The third-order valence-electron chi connectivity index (χ3n) is 5.42. The van der Waals surface area contributed by atoms with Crippen molar-refractivity contribution in [3.63, 3.8) is 0 Å². The first kappa shape index (κ1) is 19.9. The number of hydrogen-bond donors (Lipinski definition) is 1. The minimum Gasteiger partial charge on any atom is -0.324 e. The Bertz CT molecular complexity index is 757. The van der Waals surface area contributed by atoms with Crippen molar-refractivity contribution in [3.8, 4) is 0 Å². The molecule has 1 N–H and O–H groups in total. The Morgan fingerprint density at radius 3 is 2.48 bits per heavy atom. The molecule has 1 aliphatic heterocycles. The molecule has 1 amide bonds. The third-order valence-corrected chi connectivity index (χ3v) is 5.83. The Kier molecular flexibility index (Phi) is 6.89. The van der Waals surface area contributed by atoms with Gasteiger partial charge in [-0.3, -0.25) is 9.69 Å². The predicted molar refractivity (Wildman–Crippen MR) is 112 cm³/mol. The summed E-state index contributed by atoms with van der Waals surface area (Å²) in [6.07, 6.45) is 1.07. The van der Waals surface area contributed by atoms with Crippen LogP contribution in [0.3, 0.4) is 0 Å². The maximum Gasteiger partial charge on any atom is 0.241 e. The molecule has 0 aromatic heterocycles. The number of carbonyl (C=O) groups is 1. The molecular formula is C22H28ClN3O. The molecule has 2 aromatic carbocycles. The van der Waals surface area contributed by atoms with Gasteiger partial charge in [-0.1, -0.05) is 48.0 Å². The molecule has 0 radical (unpaired) electrons. The highest BCUT2D eigenvalue weighted by Crippen LogP contribution is 2.23. The molecule has 0 saturated carbocycles. The average molecular weight is 386 g/mol. The number of amides is 1. The molecule has 4 nitrogen and oxygen atoms in total. The summed E-state index contributed by atoms with van der Waals surface area (Å²) in [5.41, 5.74) is 3.08. The first-order valence-electron chi connectivity index (χ1n) is 9.61. The lowest BCUT2D eigenvalue weighted by Crippen LogP contribution is -2.53. The Morgan fingerprint density at radius 1 is 1.07 bits per heavy atom. The van der Waals surface area contributed by atoms with E-state index in [4.69, 9.17) is 11.6 Å². The van der Waals surface area contributed by atoms with Gasteiger partial charge in [0.25, 0.3) is 0 Å². The summed E-state index contributed by atoms with van der Waals surface area (Å²) in [7, 11) is 0. The Hall–Kier alpha value is -1.88. The highest BCUT2D eigenvalue weighted by molar-refractivity contribution is 6.31. The van der Waals surface area contributed by atoms with Gasteiger partial charge in [-0.2, -0.15) is 0 Å². The van der Waals surface area contributed by atoms with Crippen LogP contribution in [0, 0.1) is 6.92 Å². The van der Waals surface area contributed by atoms with Crippen molar-refractivity contribution in [2.24, 2.45) is 0 Å². The maximum absolute atomic E-state index is 12.7. The summed E-state index contributed by atoms with van der Waals surface area (Å²) in [5.74, 6) is 0.0260. The van der Waals surface area contributed by atoms with Gasteiger partial charge in [-0.25, -0.2) is 0 Å². The molecule has 0 aliphatic carbocycles. The van der Waals surface area contributed by atoms with E-state index in [1.165, 1.54) is 5.56 Å². The van der Waals surface area contributed by atoms with Crippen LogP contribution in [0.15, 0.2) is 48.5 Å². The van der Waals surface area contributed by atoms with Crippen LogP contribution in [-0.2, 0) is 11.2 Å². The number of benzene rings is 2. The minimum absolute atomic E-state index is 0.0260. The lowest BCUT2D eigenvalue weighted by atomic mass is 10.1. The van der Waals surface area contributed by atoms with Crippen LogP contribution < -0.4 is 5.32 Å². The van der Waals surface area contributed by atoms with Crippen molar-refractivity contribution in [1.82, 2.24) is 9.80 Å². The zero-order valence-electron chi connectivity index (χ0n) is 16.1. The largest absolute Gasteiger partial charge is 0.324 e. The fraction of sp³-hybridized carbons (Fsp3) is 0.409. The number of halogens is 1. The van der Waals surface area contributed by atoms with E-state index in [0.717, 1.165) is 50.4 Å². The second-order valence-corrected chi connectivity index (χ2v) is 7.60. The summed E-state index contributed by atoms with van der Waals surface area (Å²) in [6, 6.07) is 16.0. The van der Waals surface area contributed by atoms with Gasteiger partial charge in [-0.05, 0) is 43.5 Å². The quantitative estimate of drug-likeness (QED) is 0.820. The van der Waals surface area contributed by atoms with Crippen LogP contribution >= 0.6 is 11.6 Å². The number of carbonyl (C=O) groups excluding carboxylic acids is 1. The lowest BCUT2D eigenvalue weighted by Gasteiger charge is -2.37. The van der Waals surface area contributed by atoms with Crippen LogP contribution in [0.4, 0.5) is 5.69 Å². The second kappa shape index (κ2) is 9.36. The zero-order chi connectivity index (χ0) is 19.2. The highest BCUT2D eigenvalue weighted by atomic mass is 35.5. The predicted octanol–water partition coefficient (Wildman–Crippen LogP) is 3.84. The molecule has 0 unspecified atom stereocenters. The summed E-state index contributed by atoms with van der Waals surface area (Å²) >= 11 is 6.15. The molecule has 0 bridgehead atoms. The topological polar surface area (TPSA) is 35.6 Å². The third kappa shape index (κ3) is 5.32. The molecule has 1 aliphatic rings. The van der Waals surface area contributed by atoms with E-state index in [1.807, 2.05) is 32.0 Å². The smallest absolute Gasteiger partial charge is 0.241 e. The Labute approximate surface area is 167 Å². The average Bonchev–Trinajstić information content (AvgIpc) is 2.70. The fourth-order valence-electron chi connectivity index (χ4n) is 3.45. The normalized spacial score (nSPS) is 16.9. The van der Waals surface area contributed by atoms with E-state index in [-0.39, 0.29) is 11.9 Å². The molecule has 1 fully saturated rings. The highest BCUT2D eigenvalue weighted by Gasteiger charge is 2.25. The molecule has 0 spiro atoms. The summed E-state index contributed by atoms with van der Waals surface area (Å²) < 4.78 is 0. The van der Waals surface area contributed by atoms with Crippen molar-refractivity contribution in [1.29, 1.82) is 0 Å². The molecule has 1 atom stereocenters. The number of piperazine rings is 1. The van der Waals surface area contributed by atoms with Crippen LogP contribution in [0.1, 0.15) is 18.1 Å². The minimum atomic E-state index is -0.153. The Morgan fingerprint density at radius 2 is 1.78 bits per heavy atom. The summed E-state index contributed by atoms with van der Waals surface area (Å²) in [5, 5.41) is 3.70. The molecule has 5 heteroatoms. The van der Waals surface area contributed by atoms with Crippen LogP contribution in [0.25, 0.3) is 0 Å². The van der Waals surface area contributed by atoms with Crippen molar-refractivity contribution in [2.75, 3.05) is 38.0 Å². The van der Waals surface area contributed by atoms with Crippen molar-refractivity contribution in [2.45, 2.75) is 26.3 Å². The van der Waals surface area contributed by atoms with E-state index in [2.05, 4.69) is 45.4 Å². The molecule has 2 aromatic rings. The summed E-state index contributed by atoms with van der Waals surface area (Å²) in [6.45, 7) is 8.81. The van der Waals surface area contributed by atoms with Gasteiger partial charge in [-0.15, -0.1) is 0 Å². The van der Waals surface area contributed by atoms with E-state index in [1.54, 1.807) is 0 Å². The maximum atomic E-state index is 12.7. The first-order valence-corrected chi connectivity index (χ1v) is 9.98. The fourth-order valence-corrected chi connectivity index (χ4v) is 3.63. The van der Waals surface area contributed by atoms with Gasteiger partial charge in [0.2, 0.25) is 5.91 Å². The van der Waals surface area contributed by atoms with E-state index >= 15 is 0 Å². The number of nitrogens with zero attached hydrogens (tertiary/aromatic N) is 2. The summed E-state index contributed by atoms with van der Waals surface area (Å²) in [4.78, 5) is 17.4. The first-order chi connectivity index (χ1) is 13.0. The number of hydrogen-bond acceptors (Lipinski definition) is 3. The van der Waals surface area contributed by atoms with Crippen LogP contribution in [0.5, 0.6) is 0 Å².